The Labute approximate surface area is 86.0 Å². The van der Waals surface area contributed by atoms with Crippen LogP contribution in [-0.2, 0) is 4.79 Å². The van der Waals surface area contributed by atoms with Crippen LogP contribution >= 0.6 is 11.8 Å². The maximum atomic E-state index is 13.3. The topological polar surface area (TPSA) is 17.1 Å². The molecule has 0 saturated carbocycles. The number of benzene rings is 1. The second-order valence-corrected chi connectivity index (χ2v) is 4.15. The minimum absolute atomic E-state index is 0.116. The second kappa shape index (κ2) is 3.96. The summed E-state index contributed by atoms with van der Waals surface area (Å²) in [5, 5.41) is 0.116. The van der Waals surface area contributed by atoms with Gasteiger partial charge in [0.15, 0.2) is 5.12 Å². The molecule has 0 bridgehead atoms. The summed E-state index contributed by atoms with van der Waals surface area (Å²) in [5.74, 6) is 0.404. The normalized spacial score (nSPS) is 16.6. The van der Waals surface area contributed by atoms with Crippen molar-refractivity contribution in [3.63, 3.8) is 0 Å². The highest BCUT2D eigenvalue weighted by atomic mass is 32.2. The van der Waals surface area contributed by atoms with Crippen LogP contribution in [0.4, 0.5) is 4.39 Å². The molecule has 0 radical (unpaired) electrons. The Morgan fingerprint density at radius 2 is 2.07 bits per heavy atom. The van der Waals surface area contributed by atoms with Gasteiger partial charge in [0.2, 0.25) is 0 Å². The molecule has 1 aromatic rings. The largest absolute Gasteiger partial charge is 0.287 e. The van der Waals surface area contributed by atoms with Crippen LogP contribution in [0.5, 0.6) is 0 Å². The first kappa shape index (κ1) is 9.46. The number of carbonyl (C=O) groups is 1. The van der Waals surface area contributed by atoms with E-state index in [1.807, 2.05) is 6.08 Å². The Morgan fingerprint density at radius 3 is 2.79 bits per heavy atom. The lowest BCUT2D eigenvalue weighted by Crippen LogP contribution is -2.02. The van der Waals surface area contributed by atoms with Gasteiger partial charge in [-0.1, -0.05) is 36.0 Å². The monoisotopic (exact) mass is 208 g/mol. The van der Waals surface area contributed by atoms with Crippen LogP contribution in [0.15, 0.2) is 30.3 Å². The number of hydrogen-bond acceptors (Lipinski definition) is 2. The molecule has 14 heavy (non-hydrogen) atoms. The van der Waals surface area contributed by atoms with Gasteiger partial charge < -0.3 is 0 Å². The molecule has 72 valence electrons. The molecule has 2 rings (SSSR count). The van der Waals surface area contributed by atoms with Crippen molar-refractivity contribution in [2.24, 2.45) is 0 Å². The highest BCUT2D eigenvalue weighted by Crippen LogP contribution is 2.28. The summed E-state index contributed by atoms with van der Waals surface area (Å²) in [4.78, 5) is 11.2. The Balaban J connectivity index is 2.35. The molecule has 0 fully saturated rings. The van der Waals surface area contributed by atoms with Crippen LogP contribution in [0.2, 0.25) is 0 Å². The molecule has 0 atom stereocenters. The minimum Gasteiger partial charge on any atom is -0.287 e. The number of thioether (sulfide) groups is 1. The van der Waals surface area contributed by atoms with Crippen LogP contribution in [-0.4, -0.2) is 10.9 Å². The second-order valence-electron chi connectivity index (χ2n) is 3.07. The Bertz CT molecular complexity index is 398. The van der Waals surface area contributed by atoms with Crippen molar-refractivity contribution in [3.8, 4) is 0 Å². The summed E-state index contributed by atoms with van der Waals surface area (Å²) in [6.45, 7) is 0. The quantitative estimate of drug-likeness (QED) is 0.706. The standard InChI is InChI=1S/C11H9FOS/c12-10-4-2-1-3-9(10)8-5-6-14-11(13)7-8/h1-5H,6-7H2. The fraction of sp³-hybridized carbons (Fsp3) is 0.182. The summed E-state index contributed by atoms with van der Waals surface area (Å²) in [7, 11) is 0. The Morgan fingerprint density at radius 1 is 1.29 bits per heavy atom. The molecule has 0 N–H and O–H groups in total. The first-order valence-corrected chi connectivity index (χ1v) is 5.35. The predicted octanol–water partition coefficient (Wildman–Crippen LogP) is 2.87. The van der Waals surface area contributed by atoms with Gasteiger partial charge in [-0.15, -0.1) is 0 Å². The fourth-order valence-corrected chi connectivity index (χ4v) is 2.17. The fourth-order valence-electron chi connectivity index (χ4n) is 1.44. The first-order valence-electron chi connectivity index (χ1n) is 4.37. The van der Waals surface area contributed by atoms with Crippen molar-refractivity contribution < 1.29 is 9.18 Å². The molecule has 1 nitrogen and oxygen atoms in total. The zero-order valence-corrected chi connectivity index (χ0v) is 8.31. The van der Waals surface area contributed by atoms with Crippen molar-refractivity contribution in [2.45, 2.75) is 6.42 Å². The highest BCUT2D eigenvalue weighted by Gasteiger charge is 2.15. The van der Waals surface area contributed by atoms with Gasteiger partial charge in [-0.3, -0.25) is 4.79 Å². The molecular weight excluding hydrogens is 199 g/mol. The highest BCUT2D eigenvalue weighted by molar-refractivity contribution is 8.13. The van der Waals surface area contributed by atoms with E-state index in [4.69, 9.17) is 0 Å². The summed E-state index contributed by atoms with van der Waals surface area (Å²) in [6.07, 6.45) is 2.26. The van der Waals surface area contributed by atoms with Crippen LogP contribution in [0, 0.1) is 5.82 Å². The van der Waals surface area contributed by atoms with Crippen molar-refractivity contribution in [2.75, 3.05) is 5.75 Å². The summed E-state index contributed by atoms with van der Waals surface area (Å²) < 4.78 is 13.3. The van der Waals surface area contributed by atoms with Crippen LogP contribution in [0.25, 0.3) is 5.57 Å². The number of halogens is 1. The molecule has 1 heterocycles. The molecular formula is C11H9FOS. The number of rotatable bonds is 1. The SMILES string of the molecule is O=C1CC(c2ccccc2F)=CCS1. The van der Waals surface area contributed by atoms with E-state index in [0.29, 0.717) is 17.7 Å². The zero-order valence-electron chi connectivity index (χ0n) is 7.50. The molecule has 0 amide bonds. The molecule has 0 saturated heterocycles. The van der Waals surface area contributed by atoms with Gasteiger partial charge in [-0.2, -0.15) is 0 Å². The van der Waals surface area contributed by atoms with Gasteiger partial charge in [0.25, 0.3) is 0 Å². The Hall–Kier alpha value is -1.09. The van der Waals surface area contributed by atoms with E-state index in [1.54, 1.807) is 18.2 Å². The third kappa shape index (κ3) is 1.87. The van der Waals surface area contributed by atoms with Crippen molar-refractivity contribution in [1.29, 1.82) is 0 Å². The number of hydrogen-bond donors (Lipinski definition) is 0. The minimum atomic E-state index is -0.251. The maximum Gasteiger partial charge on any atom is 0.193 e. The smallest absolute Gasteiger partial charge is 0.193 e. The first-order chi connectivity index (χ1) is 6.77. The summed E-state index contributed by atoms with van der Waals surface area (Å²) in [6, 6.07) is 6.57. The lowest BCUT2D eigenvalue weighted by Gasteiger charge is -2.12. The van der Waals surface area contributed by atoms with Crippen LogP contribution < -0.4 is 0 Å². The Kier molecular flexibility index (Phi) is 2.68. The molecule has 0 aliphatic carbocycles. The molecule has 3 heteroatoms. The van der Waals surface area contributed by atoms with Gasteiger partial charge in [0.05, 0.1) is 0 Å². The summed E-state index contributed by atoms with van der Waals surface area (Å²) >= 11 is 1.28. The van der Waals surface area contributed by atoms with Gasteiger partial charge in [-0.05, 0) is 11.6 Å². The predicted molar refractivity (Wildman–Crippen MR) is 56.5 cm³/mol. The van der Waals surface area contributed by atoms with Gasteiger partial charge >= 0.3 is 0 Å². The van der Waals surface area contributed by atoms with E-state index in [0.717, 1.165) is 5.57 Å². The average Bonchev–Trinajstić information content (AvgIpc) is 2.18. The third-order valence-corrected chi connectivity index (χ3v) is 2.93. The maximum absolute atomic E-state index is 13.3. The number of carbonyl (C=O) groups excluding carboxylic acids is 1. The zero-order chi connectivity index (χ0) is 9.97. The van der Waals surface area contributed by atoms with Gasteiger partial charge in [0, 0.05) is 17.7 Å². The van der Waals surface area contributed by atoms with E-state index in [2.05, 4.69) is 0 Å². The van der Waals surface area contributed by atoms with Crippen LogP contribution in [0.1, 0.15) is 12.0 Å². The van der Waals surface area contributed by atoms with Gasteiger partial charge in [0.1, 0.15) is 5.82 Å². The van der Waals surface area contributed by atoms with E-state index in [-0.39, 0.29) is 10.9 Å². The van der Waals surface area contributed by atoms with E-state index in [9.17, 15) is 9.18 Å². The molecule has 0 unspecified atom stereocenters. The van der Waals surface area contributed by atoms with Crippen molar-refractivity contribution in [3.05, 3.63) is 41.7 Å². The lowest BCUT2D eigenvalue weighted by molar-refractivity contribution is -0.110. The molecule has 0 spiro atoms. The third-order valence-electron chi connectivity index (χ3n) is 2.13. The number of allylic oxidation sites excluding steroid dienone is 1. The van der Waals surface area contributed by atoms with E-state index in [1.165, 1.54) is 17.8 Å². The average molecular weight is 208 g/mol. The van der Waals surface area contributed by atoms with Crippen molar-refractivity contribution >= 4 is 22.5 Å². The lowest BCUT2D eigenvalue weighted by atomic mass is 10.0. The van der Waals surface area contributed by atoms with E-state index >= 15 is 0 Å². The summed E-state index contributed by atoms with van der Waals surface area (Å²) in [5.41, 5.74) is 1.37. The van der Waals surface area contributed by atoms with Crippen LogP contribution in [0.3, 0.4) is 0 Å². The molecule has 1 aliphatic rings. The molecule has 1 aliphatic heterocycles. The molecule has 0 aromatic heterocycles. The van der Waals surface area contributed by atoms with Gasteiger partial charge in [-0.25, -0.2) is 4.39 Å². The van der Waals surface area contributed by atoms with E-state index < -0.39 is 0 Å². The molecule has 1 aromatic carbocycles. The van der Waals surface area contributed by atoms with Crippen molar-refractivity contribution in [1.82, 2.24) is 0 Å².